The lowest BCUT2D eigenvalue weighted by Gasteiger charge is -2.05. The normalized spacial score (nSPS) is 10.2. The molecule has 2 aromatic heterocycles. The number of aromatic nitrogens is 5. The van der Waals surface area contributed by atoms with Crippen molar-refractivity contribution in [2.45, 2.75) is 6.29 Å². The van der Waals surface area contributed by atoms with Crippen LogP contribution in [0.1, 0.15) is 23.4 Å². The summed E-state index contributed by atoms with van der Waals surface area (Å²) in [4.78, 5) is 8.03. The molecular formula is C15H11N5O3. The van der Waals surface area contributed by atoms with E-state index in [-0.39, 0.29) is 11.6 Å². The predicted molar refractivity (Wildman–Crippen MR) is 78.1 cm³/mol. The summed E-state index contributed by atoms with van der Waals surface area (Å²) in [6.07, 6.45) is 1.45. The maximum atomic E-state index is 9.15. The number of benzene rings is 1. The minimum Gasteiger partial charge on any atom is -0.437 e. The van der Waals surface area contributed by atoms with Crippen LogP contribution >= 0.6 is 0 Å². The molecule has 2 heterocycles. The Morgan fingerprint density at radius 2 is 1.91 bits per heavy atom. The van der Waals surface area contributed by atoms with E-state index in [1.165, 1.54) is 0 Å². The molecule has 0 bridgehead atoms. The average molecular weight is 309 g/mol. The summed E-state index contributed by atoms with van der Waals surface area (Å²) in [5.41, 5.74) is 0.590. The molecule has 23 heavy (non-hydrogen) atoms. The summed E-state index contributed by atoms with van der Waals surface area (Å²) in [6, 6.07) is 8.65. The van der Waals surface area contributed by atoms with Crippen LogP contribution in [0, 0.1) is 11.8 Å². The van der Waals surface area contributed by atoms with Gasteiger partial charge in [-0.15, -0.1) is 5.10 Å². The van der Waals surface area contributed by atoms with Crippen LogP contribution in [0.5, 0.6) is 11.6 Å². The third kappa shape index (κ3) is 3.68. The van der Waals surface area contributed by atoms with Gasteiger partial charge in [0.05, 0.1) is 0 Å². The fourth-order valence-corrected chi connectivity index (χ4v) is 1.72. The van der Waals surface area contributed by atoms with Crippen molar-refractivity contribution in [2.24, 2.45) is 0 Å². The summed E-state index contributed by atoms with van der Waals surface area (Å²) in [5, 5.41) is 27.8. The Hall–Kier alpha value is -3.28. The van der Waals surface area contributed by atoms with E-state index < -0.39 is 6.29 Å². The Morgan fingerprint density at radius 1 is 1.09 bits per heavy atom. The quantitative estimate of drug-likeness (QED) is 0.483. The smallest absolute Gasteiger partial charge is 0.244 e. The van der Waals surface area contributed by atoms with Gasteiger partial charge in [0, 0.05) is 18.0 Å². The van der Waals surface area contributed by atoms with E-state index in [9.17, 15) is 0 Å². The van der Waals surface area contributed by atoms with Crippen LogP contribution in [-0.4, -0.2) is 35.6 Å². The van der Waals surface area contributed by atoms with E-state index in [0.717, 1.165) is 0 Å². The van der Waals surface area contributed by atoms with Gasteiger partial charge in [0.1, 0.15) is 5.75 Å². The van der Waals surface area contributed by atoms with Crippen molar-refractivity contribution in [2.75, 3.05) is 0 Å². The lowest BCUT2D eigenvalue weighted by Crippen LogP contribution is -1.98. The number of aromatic amines is 1. The molecule has 0 amide bonds. The Morgan fingerprint density at radius 3 is 2.70 bits per heavy atom. The minimum atomic E-state index is -1.78. The molecule has 0 unspecified atom stereocenters. The molecule has 8 heteroatoms. The molecule has 3 N–H and O–H groups in total. The molecule has 3 rings (SSSR count). The second-order valence-corrected chi connectivity index (χ2v) is 4.35. The van der Waals surface area contributed by atoms with E-state index >= 15 is 0 Å². The zero-order valence-electron chi connectivity index (χ0n) is 11.7. The molecule has 0 spiro atoms. The number of aliphatic hydroxyl groups is 2. The summed E-state index contributed by atoms with van der Waals surface area (Å²) in [6.45, 7) is 0. The van der Waals surface area contributed by atoms with Gasteiger partial charge in [-0.25, -0.2) is 15.1 Å². The van der Waals surface area contributed by atoms with Crippen molar-refractivity contribution in [3.8, 4) is 23.5 Å². The Kier molecular flexibility index (Phi) is 4.24. The summed E-state index contributed by atoms with van der Waals surface area (Å²) in [5.74, 6) is 6.67. The van der Waals surface area contributed by atoms with Crippen molar-refractivity contribution in [3.05, 3.63) is 59.8 Å². The van der Waals surface area contributed by atoms with Crippen molar-refractivity contribution >= 4 is 0 Å². The maximum absolute atomic E-state index is 9.15. The van der Waals surface area contributed by atoms with Crippen molar-refractivity contribution in [1.29, 1.82) is 0 Å². The Balaban J connectivity index is 1.81. The molecule has 0 aliphatic heterocycles. The van der Waals surface area contributed by atoms with E-state index in [2.05, 4.69) is 37.2 Å². The van der Waals surface area contributed by atoms with Gasteiger partial charge in [-0.1, -0.05) is 17.2 Å². The summed E-state index contributed by atoms with van der Waals surface area (Å²) in [7, 11) is 0. The molecule has 0 aliphatic carbocycles. The van der Waals surface area contributed by atoms with Crippen LogP contribution in [-0.2, 0) is 0 Å². The molecule has 0 saturated heterocycles. The van der Waals surface area contributed by atoms with Gasteiger partial charge >= 0.3 is 0 Å². The fourth-order valence-electron chi connectivity index (χ4n) is 1.72. The summed E-state index contributed by atoms with van der Waals surface area (Å²) < 4.78 is 5.50. The number of hydrogen-bond donors (Lipinski definition) is 3. The third-order valence-electron chi connectivity index (χ3n) is 2.72. The maximum Gasteiger partial charge on any atom is 0.244 e. The number of aliphatic hydroxyl groups excluding tert-OH is 1. The molecule has 0 fully saturated rings. The molecule has 114 valence electrons. The Labute approximate surface area is 130 Å². The molecule has 3 aromatic rings. The zero-order valence-corrected chi connectivity index (χ0v) is 11.7. The Bertz CT molecular complexity index is 852. The van der Waals surface area contributed by atoms with Crippen LogP contribution in [0.3, 0.4) is 0 Å². The van der Waals surface area contributed by atoms with Gasteiger partial charge in [-0.05, 0) is 30.2 Å². The van der Waals surface area contributed by atoms with Crippen LogP contribution in [0.2, 0.25) is 0 Å². The molecule has 8 nitrogen and oxygen atoms in total. The van der Waals surface area contributed by atoms with Gasteiger partial charge in [0.2, 0.25) is 18.0 Å². The van der Waals surface area contributed by atoms with E-state index in [4.69, 9.17) is 14.9 Å². The number of nitrogens with one attached hydrogen (secondary N) is 1. The highest BCUT2D eigenvalue weighted by molar-refractivity contribution is 5.43. The number of ether oxygens (including phenoxy) is 1. The van der Waals surface area contributed by atoms with Crippen molar-refractivity contribution in [3.63, 3.8) is 0 Å². The zero-order chi connectivity index (χ0) is 16.1. The third-order valence-corrected chi connectivity index (χ3v) is 2.72. The first-order chi connectivity index (χ1) is 11.2. The highest BCUT2D eigenvalue weighted by atomic mass is 16.5. The second-order valence-electron chi connectivity index (χ2n) is 4.35. The largest absolute Gasteiger partial charge is 0.437 e. The van der Waals surface area contributed by atoms with Crippen LogP contribution in [0.4, 0.5) is 0 Å². The standard InChI is InChI=1S/C15H11N5O3/c21-15(22)13-14(19-20-18-13)23-11-4-1-3-10(9-11)5-6-12-16-7-2-8-17-12/h1-4,7-9,15,21-22H,(H,18,19,20). The van der Waals surface area contributed by atoms with Crippen LogP contribution in [0.15, 0.2) is 42.7 Å². The molecule has 0 atom stereocenters. The van der Waals surface area contributed by atoms with Gasteiger partial charge in [0.15, 0.2) is 5.69 Å². The van der Waals surface area contributed by atoms with E-state index in [1.54, 1.807) is 42.7 Å². The van der Waals surface area contributed by atoms with Crippen molar-refractivity contribution in [1.82, 2.24) is 25.4 Å². The predicted octanol–water partition coefficient (Wildman–Crippen LogP) is 0.770. The lowest BCUT2D eigenvalue weighted by molar-refractivity contribution is -0.0470. The molecule has 0 radical (unpaired) electrons. The monoisotopic (exact) mass is 309 g/mol. The van der Waals surface area contributed by atoms with Gasteiger partial charge in [-0.3, -0.25) is 0 Å². The van der Waals surface area contributed by atoms with E-state index in [0.29, 0.717) is 17.1 Å². The van der Waals surface area contributed by atoms with Crippen LogP contribution in [0.25, 0.3) is 0 Å². The molecular weight excluding hydrogens is 298 g/mol. The minimum absolute atomic E-state index is 0.0523. The first-order valence-corrected chi connectivity index (χ1v) is 6.56. The molecule has 1 aromatic carbocycles. The SMILES string of the molecule is OC(O)c1nn[nH]c1Oc1cccc(C#Cc2ncccn2)c1. The number of rotatable bonds is 3. The highest BCUT2D eigenvalue weighted by Gasteiger charge is 2.16. The van der Waals surface area contributed by atoms with Gasteiger partial charge in [0.25, 0.3) is 0 Å². The first-order valence-electron chi connectivity index (χ1n) is 6.56. The van der Waals surface area contributed by atoms with Crippen LogP contribution < -0.4 is 4.74 Å². The number of H-pyrrole nitrogens is 1. The van der Waals surface area contributed by atoms with Crippen molar-refractivity contribution < 1.29 is 14.9 Å². The van der Waals surface area contributed by atoms with Gasteiger partial charge in [-0.2, -0.15) is 0 Å². The molecule has 0 aliphatic rings. The van der Waals surface area contributed by atoms with E-state index in [1.807, 2.05) is 0 Å². The number of nitrogens with zero attached hydrogens (tertiary/aromatic N) is 4. The topological polar surface area (TPSA) is 117 Å². The number of hydrogen-bond acceptors (Lipinski definition) is 7. The second kappa shape index (κ2) is 6.65. The fraction of sp³-hybridized carbons (Fsp3) is 0.0667. The highest BCUT2D eigenvalue weighted by Crippen LogP contribution is 2.24. The lowest BCUT2D eigenvalue weighted by atomic mass is 10.2. The van der Waals surface area contributed by atoms with Gasteiger partial charge < -0.3 is 14.9 Å². The molecule has 0 saturated carbocycles. The summed E-state index contributed by atoms with van der Waals surface area (Å²) >= 11 is 0. The first kappa shape index (κ1) is 14.6. The average Bonchev–Trinajstić information content (AvgIpc) is 3.03.